The van der Waals surface area contributed by atoms with Gasteiger partial charge in [0, 0.05) is 5.70 Å². The van der Waals surface area contributed by atoms with Crippen LogP contribution in [0.25, 0.3) is 0 Å². The number of hydrogen-bond acceptors (Lipinski definition) is 1. The lowest BCUT2D eigenvalue weighted by atomic mass is 10.1. The molecule has 0 amide bonds. The number of allylic oxidation sites excluding steroid dienone is 4. The zero-order valence-electron chi connectivity index (χ0n) is 5.63. The monoisotopic (exact) mass is 154 g/mol. The van der Waals surface area contributed by atoms with Gasteiger partial charge in [-0.3, -0.25) is 0 Å². The average molecular weight is 154 g/mol. The van der Waals surface area contributed by atoms with E-state index in [1.807, 2.05) is 12.2 Å². The second-order valence-electron chi connectivity index (χ2n) is 2.15. The van der Waals surface area contributed by atoms with Crippen LogP contribution in [0.5, 0.6) is 0 Å². The predicted octanol–water partition coefficient (Wildman–Crippen LogP) is 1.05. The van der Waals surface area contributed by atoms with Crippen LogP contribution in [0, 0.1) is 0 Å². The minimum absolute atomic E-state index is 0.349. The van der Waals surface area contributed by atoms with Crippen molar-refractivity contribution in [2.24, 2.45) is 5.73 Å². The SMILES string of the molecule is NC(=S)NC1=CC=CCC1. The number of nitrogens with two attached hydrogens (primary N) is 1. The van der Waals surface area contributed by atoms with Crippen molar-refractivity contribution in [3.05, 3.63) is 23.9 Å². The smallest absolute Gasteiger partial charge is 0.167 e. The van der Waals surface area contributed by atoms with Gasteiger partial charge in [-0.1, -0.05) is 12.2 Å². The normalized spacial score (nSPS) is 16.2. The third kappa shape index (κ3) is 2.19. The molecule has 0 fully saturated rings. The molecular formula is C7H10N2S. The van der Waals surface area contributed by atoms with E-state index in [9.17, 15) is 0 Å². The van der Waals surface area contributed by atoms with Gasteiger partial charge in [0.1, 0.15) is 0 Å². The topological polar surface area (TPSA) is 38.0 Å². The summed E-state index contributed by atoms with van der Waals surface area (Å²) in [6.07, 6.45) is 8.19. The van der Waals surface area contributed by atoms with Gasteiger partial charge in [-0.2, -0.15) is 0 Å². The maximum absolute atomic E-state index is 5.28. The highest BCUT2D eigenvalue weighted by atomic mass is 32.1. The molecular weight excluding hydrogens is 144 g/mol. The van der Waals surface area contributed by atoms with Gasteiger partial charge in [0.25, 0.3) is 0 Å². The van der Waals surface area contributed by atoms with E-state index in [1.165, 1.54) is 0 Å². The largest absolute Gasteiger partial charge is 0.376 e. The summed E-state index contributed by atoms with van der Waals surface area (Å²) in [5.74, 6) is 0. The molecule has 0 saturated heterocycles. The Hall–Kier alpha value is -0.830. The standard InChI is InChI=1S/C7H10N2S/c8-7(10)9-6-4-2-1-3-5-6/h1-2,4H,3,5H2,(H3,8,9,10). The summed E-state index contributed by atoms with van der Waals surface area (Å²) in [6.45, 7) is 0. The average Bonchev–Trinajstić information content (AvgIpc) is 1.88. The van der Waals surface area contributed by atoms with Crippen molar-refractivity contribution in [1.29, 1.82) is 0 Å². The molecule has 0 spiro atoms. The summed E-state index contributed by atoms with van der Waals surface area (Å²) in [4.78, 5) is 0. The fourth-order valence-corrected chi connectivity index (χ4v) is 0.996. The number of thiocarbonyl (C=S) groups is 1. The molecule has 0 aromatic heterocycles. The van der Waals surface area contributed by atoms with Crippen molar-refractivity contribution in [1.82, 2.24) is 5.32 Å². The Kier molecular flexibility index (Phi) is 2.45. The van der Waals surface area contributed by atoms with Crippen molar-refractivity contribution in [3.63, 3.8) is 0 Å². The van der Waals surface area contributed by atoms with Crippen molar-refractivity contribution >= 4 is 17.3 Å². The molecule has 1 rings (SSSR count). The van der Waals surface area contributed by atoms with E-state index in [2.05, 4.69) is 23.6 Å². The predicted molar refractivity (Wildman–Crippen MR) is 46.4 cm³/mol. The Balaban J connectivity index is 2.47. The first-order valence-electron chi connectivity index (χ1n) is 3.21. The minimum Gasteiger partial charge on any atom is -0.376 e. The van der Waals surface area contributed by atoms with Gasteiger partial charge in [0.2, 0.25) is 0 Å². The van der Waals surface area contributed by atoms with Crippen molar-refractivity contribution in [3.8, 4) is 0 Å². The van der Waals surface area contributed by atoms with Crippen LogP contribution in [0.1, 0.15) is 12.8 Å². The van der Waals surface area contributed by atoms with Crippen LogP contribution in [0.2, 0.25) is 0 Å². The minimum atomic E-state index is 0.349. The molecule has 10 heavy (non-hydrogen) atoms. The molecule has 0 unspecified atom stereocenters. The first-order chi connectivity index (χ1) is 4.79. The van der Waals surface area contributed by atoms with Crippen LogP contribution < -0.4 is 11.1 Å². The summed E-state index contributed by atoms with van der Waals surface area (Å²) in [5.41, 5.74) is 6.39. The van der Waals surface area contributed by atoms with Gasteiger partial charge in [-0.05, 0) is 31.1 Å². The summed E-state index contributed by atoms with van der Waals surface area (Å²) in [6, 6.07) is 0. The number of nitrogens with one attached hydrogen (secondary N) is 1. The molecule has 2 nitrogen and oxygen atoms in total. The highest BCUT2D eigenvalue weighted by Crippen LogP contribution is 2.07. The lowest BCUT2D eigenvalue weighted by molar-refractivity contribution is 0.893. The number of rotatable bonds is 1. The summed E-state index contributed by atoms with van der Waals surface area (Å²) >= 11 is 4.68. The van der Waals surface area contributed by atoms with Crippen LogP contribution in [0.4, 0.5) is 0 Å². The van der Waals surface area contributed by atoms with Crippen LogP contribution in [0.3, 0.4) is 0 Å². The van der Waals surface area contributed by atoms with Crippen LogP contribution in [-0.2, 0) is 0 Å². The summed E-state index contributed by atoms with van der Waals surface area (Å²) in [7, 11) is 0. The van der Waals surface area contributed by atoms with E-state index in [4.69, 9.17) is 5.73 Å². The second kappa shape index (κ2) is 3.37. The van der Waals surface area contributed by atoms with Crippen molar-refractivity contribution < 1.29 is 0 Å². The molecule has 3 heteroatoms. The zero-order chi connectivity index (χ0) is 7.40. The lowest BCUT2D eigenvalue weighted by Crippen LogP contribution is -2.28. The molecule has 0 aromatic carbocycles. The maximum atomic E-state index is 5.28. The van der Waals surface area contributed by atoms with Crippen LogP contribution in [-0.4, -0.2) is 5.11 Å². The van der Waals surface area contributed by atoms with Gasteiger partial charge in [-0.25, -0.2) is 0 Å². The first-order valence-corrected chi connectivity index (χ1v) is 3.62. The lowest BCUT2D eigenvalue weighted by Gasteiger charge is -2.09. The van der Waals surface area contributed by atoms with E-state index >= 15 is 0 Å². The molecule has 0 radical (unpaired) electrons. The molecule has 1 aliphatic rings. The van der Waals surface area contributed by atoms with Crippen LogP contribution in [0.15, 0.2) is 23.9 Å². The maximum Gasteiger partial charge on any atom is 0.167 e. The third-order valence-corrected chi connectivity index (χ3v) is 1.40. The fraction of sp³-hybridized carbons (Fsp3) is 0.286. The van der Waals surface area contributed by atoms with Gasteiger partial charge < -0.3 is 11.1 Å². The van der Waals surface area contributed by atoms with E-state index in [0.29, 0.717) is 5.11 Å². The summed E-state index contributed by atoms with van der Waals surface area (Å²) < 4.78 is 0. The van der Waals surface area contributed by atoms with E-state index in [0.717, 1.165) is 18.5 Å². The molecule has 0 heterocycles. The molecule has 0 saturated carbocycles. The molecule has 0 aliphatic heterocycles. The second-order valence-corrected chi connectivity index (χ2v) is 2.59. The Morgan fingerprint density at radius 1 is 1.70 bits per heavy atom. The fourth-order valence-electron chi connectivity index (χ4n) is 0.865. The molecule has 0 bridgehead atoms. The quantitative estimate of drug-likeness (QED) is 0.554. The Bertz CT molecular complexity index is 194. The van der Waals surface area contributed by atoms with Crippen molar-refractivity contribution in [2.45, 2.75) is 12.8 Å². The molecule has 3 N–H and O–H groups in total. The Labute approximate surface area is 65.8 Å². The Morgan fingerprint density at radius 3 is 3.00 bits per heavy atom. The molecule has 1 aliphatic carbocycles. The molecule has 54 valence electrons. The Morgan fingerprint density at radius 2 is 2.50 bits per heavy atom. The van der Waals surface area contributed by atoms with Gasteiger partial charge >= 0.3 is 0 Å². The highest BCUT2D eigenvalue weighted by molar-refractivity contribution is 7.80. The van der Waals surface area contributed by atoms with Gasteiger partial charge in [-0.15, -0.1) is 0 Å². The highest BCUT2D eigenvalue weighted by Gasteiger charge is 1.97. The van der Waals surface area contributed by atoms with E-state index < -0.39 is 0 Å². The molecule has 0 aromatic rings. The van der Waals surface area contributed by atoms with Crippen molar-refractivity contribution in [2.75, 3.05) is 0 Å². The first kappa shape index (κ1) is 7.28. The third-order valence-electron chi connectivity index (χ3n) is 1.30. The molecule has 0 atom stereocenters. The zero-order valence-corrected chi connectivity index (χ0v) is 6.45. The van der Waals surface area contributed by atoms with E-state index in [1.54, 1.807) is 0 Å². The van der Waals surface area contributed by atoms with E-state index in [-0.39, 0.29) is 0 Å². The summed E-state index contributed by atoms with van der Waals surface area (Å²) in [5, 5.41) is 3.25. The number of hydrogen-bond donors (Lipinski definition) is 2. The van der Waals surface area contributed by atoms with Gasteiger partial charge in [0.15, 0.2) is 5.11 Å². The van der Waals surface area contributed by atoms with Gasteiger partial charge in [0.05, 0.1) is 0 Å². The van der Waals surface area contributed by atoms with Crippen LogP contribution >= 0.6 is 12.2 Å².